The standard InChI is InChI=1S/C24H30FN5O4/c1-17(18-5-6-21(26-13-18)30-15-19(25)14-27-30)29-11-12-33-24(20(29)16-31)7-9-28(10-8-24)22(32)34-23(2,3)4/h5-6,13-15,17H,7-12H2,1-4H3. The van der Waals surface area contributed by atoms with Crippen LogP contribution in [0.1, 0.15) is 52.1 Å². The van der Waals surface area contributed by atoms with Gasteiger partial charge in [0.25, 0.3) is 0 Å². The average molecular weight is 472 g/mol. The van der Waals surface area contributed by atoms with Crippen LogP contribution in [0.25, 0.3) is 5.82 Å². The predicted octanol–water partition coefficient (Wildman–Crippen LogP) is 3.28. The molecule has 2 aromatic heterocycles. The normalized spacial score (nSPS) is 19.1. The summed E-state index contributed by atoms with van der Waals surface area (Å²) in [5.74, 6) is 2.21. The molecule has 0 bridgehead atoms. The molecule has 9 nitrogen and oxygen atoms in total. The third-order valence-corrected chi connectivity index (χ3v) is 6.26. The number of amides is 1. The van der Waals surface area contributed by atoms with E-state index in [0.717, 1.165) is 11.8 Å². The summed E-state index contributed by atoms with van der Waals surface area (Å²) in [4.78, 5) is 32.7. The molecule has 0 radical (unpaired) electrons. The molecule has 34 heavy (non-hydrogen) atoms. The number of piperidine rings is 1. The number of likely N-dealkylation sites (tertiary alicyclic amines) is 1. The fourth-order valence-corrected chi connectivity index (χ4v) is 4.46. The van der Waals surface area contributed by atoms with E-state index in [2.05, 4.69) is 16.0 Å². The number of halogens is 1. The number of pyridine rings is 1. The van der Waals surface area contributed by atoms with E-state index in [1.165, 1.54) is 10.9 Å². The molecular weight excluding hydrogens is 441 g/mol. The van der Waals surface area contributed by atoms with Gasteiger partial charge in [-0.3, -0.25) is 0 Å². The van der Waals surface area contributed by atoms with E-state index in [1.807, 2.05) is 38.7 Å². The maximum Gasteiger partial charge on any atom is 0.410 e. The minimum atomic E-state index is -0.785. The van der Waals surface area contributed by atoms with Crippen molar-refractivity contribution in [3.8, 4) is 5.82 Å². The summed E-state index contributed by atoms with van der Waals surface area (Å²) in [6.07, 6.45) is 4.71. The van der Waals surface area contributed by atoms with Crippen molar-refractivity contribution in [1.82, 2.24) is 24.6 Å². The summed E-state index contributed by atoms with van der Waals surface area (Å²) in [7, 11) is 0. The van der Waals surface area contributed by atoms with Gasteiger partial charge in [-0.05, 0) is 39.3 Å². The highest BCUT2D eigenvalue weighted by atomic mass is 19.1. The molecule has 2 aliphatic rings. The minimum absolute atomic E-state index is 0.156. The quantitative estimate of drug-likeness (QED) is 0.635. The summed E-state index contributed by atoms with van der Waals surface area (Å²) in [6, 6.07) is 3.50. The monoisotopic (exact) mass is 471 g/mol. The van der Waals surface area contributed by atoms with E-state index in [-0.39, 0.29) is 12.1 Å². The van der Waals surface area contributed by atoms with Gasteiger partial charge in [-0.1, -0.05) is 6.07 Å². The number of carbonyl (C=O) groups excluding carboxylic acids is 2. The zero-order valence-corrected chi connectivity index (χ0v) is 20.0. The Morgan fingerprint density at radius 2 is 1.97 bits per heavy atom. The molecule has 2 aliphatic heterocycles. The van der Waals surface area contributed by atoms with E-state index in [0.29, 0.717) is 50.6 Å². The van der Waals surface area contributed by atoms with E-state index in [9.17, 15) is 14.0 Å². The fourth-order valence-electron chi connectivity index (χ4n) is 4.46. The van der Waals surface area contributed by atoms with Gasteiger partial charge in [0.15, 0.2) is 11.6 Å². The number of hydrogen-bond donors (Lipinski definition) is 0. The number of rotatable bonds is 3. The first-order valence-electron chi connectivity index (χ1n) is 11.4. The Bertz CT molecular complexity index is 1080. The molecule has 0 N–H and O–H groups in total. The summed E-state index contributed by atoms with van der Waals surface area (Å²) in [5.41, 5.74) is 0.0101. The van der Waals surface area contributed by atoms with Gasteiger partial charge in [0.1, 0.15) is 22.8 Å². The van der Waals surface area contributed by atoms with E-state index >= 15 is 0 Å². The Morgan fingerprint density at radius 1 is 1.24 bits per heavy atom. The first kappa shape index (κ1) is 23.9. The molecule has 4 rings (SSSR count). The van der Waals surface area contributed by atoms with E-state index in [1.54, 1.807) is 17.2 Å². The highest BCUT2D eigenvalue weighted by Crippen LogP contribution is 2.40. The first-order valence-corrected chi connectivity index (χ1v) is 11.4. The Hall–Kier alpha value is -3.23. The van der Waals surface area contributed by atoms with Crippen molar-refractivity contribution in [3.05, 3.63) is 47.8 Å². The SMILES string of the molecule is CC(c1ccc(-n2cc(F)cn2)nc1)N1CCOC2(CCN(C(=O)OC(C)(C)C)CC2)C1=C=O. The molecule has 1 spiro atoms. The summed E-state index contributed by atoms with van der Waals surface area (Å²) in [5, 5.41) is 3.93. The van der Waals surface area contributed by atoms with Crippen LogP contribution in [0.15, 0.2) is 36.4 Å². The van der Waals surface area contributed by atoms with Crippen LogP contribution < -0.4 is 0 Å². The van der Waals surface area contributed by atoms with E-state index in [4.69, 9.17) is 9.47 Å². The number of morpholine rings is 1. The van der Waals surface area contributed by atoms with Crippen molar-refractivity contribution < 1.29 is 23.5 Å². The Labute approximate surface area is 198 Å². The van der Waals surface area contributed by atoms with Gasteiger partial charge in [-0.15, -0.1) is 0 Å². The Morgan fingerprint density at radius 3 is 2.53 bits per heavy atom. The van der Waals surface area contributed by atoms with Gasteiger partial charge in [-0.25, -0.2) is 23.6 Å². The van der Waals surface area contributed by atoms with Gasteiger partial charge >= 0.3 is 6.09 Å². The number of hydrogen-bond acceptors (Lipinski definition) is 7. The molecule has 10 heteroatoms. The molecule has 1 atom stereocenters. The third-order valence-electron chi connectivity index (χ3n) is 6.26. The number of aromatic nitrogens is 3. The van der Waals surface area contributed by atoms with Crippen molar-refractivity contribution in [3.63, 3.8) is 0 Å². The smallest absolute Gasteiger partial charge is 0.410 e. The number of ether oxygens (including phenoxy) is 2. The van der Waals surface area contributed by atoms with E-state index < -0.39 is 17.0 Å². The third kappa shape index (κ3) is 4.83. The van der Waals surface area contributed by atoms with Crippen molar-refractivity contribution >= 4 is 12.0 Å². The molecule has 0 aliphatic carbocycles. The lowest BCUT2D eigenvalue weighted by atomic mass is 9.85. The lowest BCUT2D eigenvalue weighted by molar-refractivity contribution is -0.108. The second kappa shape index (κ2) is 9.19. The zero-order valence-electron chi connectivity index (χ0n) is 20.0. The van der Waals surface area contributed by atoms with Gasteiger partial charge < -0.3 is 19.3 Å². The summed E-state index contributed by atoms with van der Waals surface area (Å²) >= 11 is 0. The summed E-state index contributed by atoms with van der Waals surface area (Å²) in [6.45, 7) is 9.36. The minimum Gasteiger partial charge on any atom is -0.444 e. The molecule has 2 saturated heterocycles. The topological polar surface area (TPSA) is 89.8 Å². The molecule has 1 amide bonds. The second-order valence-corrected chi connectivity index (χ2v) is 9.68. The maximum atomic E-state index is 13.3. The maximum absolute atomic E-state index is 13.3. The largest absolute Gasteiger partial charge is 0.444 e. The average Bonchev–Trinajstić information content (AvgIpc) is 3.24. The van der Waals surface area contributed by atoms with Crippen LogP contribution in [-0.2, 0) is 14.3 Å². The van der Waals surface area contributed by atoms with Gasteiger partial charge in [0, 0.05) is 38.7 Å². The van der Waals surface area contributed by atoms with Crippen LogP contribution >= 0.6 is 0 Å². The zero-order chi connectivity index (χ0) is 24.5. The molecule has 4 heterocycles. The van der Waals surface area contributed by atoms with Crippen molar-refractivity contribution in [2.75, 3.05) is 26.2 Å². The molecule has 1 unspecified atom stereocenters. The highest BCUT2D eigenvalue weighted by molar-refractivity contribution is 5.68. The van der Waals surface area contributed by atoms with Crippen molar-refractivity contribution in [1.29, 1.82) is 0 Å². The molecule has 182 valence electrons. The molecular formula is C24H30FN5O4. The van der Waals surface area contributed by atoms with Gasteiger partial charge in [0.05, 0.1) is 25.0 Å². The highest BCUT2D eigenvalue weighted by Gasteiger charge is 2.47. The van der Waals surface area contributed by atoms with Gasteiger partial charge in [-0.2, -0.15) is 5.10 Å². The molecule has 2 aromatic rings. The van der Waals surface area contributed by atoms with Gasteiger partial charge in [0.2, 0.25) is 0 Å². The predicted molar refractivity (Wildman–Crippen MR) is 121 cm³/mol. The second-order valence-electron chi connectivity index (χ2n) is 9.68. The molecule has 2 fully saturated rings. The molecule has 0 saturated carbocycles. The van der Waals surface area contributed by atoms with Crippen LogP contribution in [0.5, 0.6) is 0 Å². The fraction of sp³-hybridized carbons (Fsp3) is 0.542. The number of carbonyl (C=O) groups is 1. The number of nitrogens with zero attached hydrogens (tertiary/aromatic N) is 5. The summed E-state index contributed by atoms with van der Waals surface area (Å²) < 4.78 is 26.3. The van der Waals surface area contributed by atoms with Crippen molar-refractivity contribution in [2.24, 2.45) is 0 Å². The van der Waals surface area contributed by atoms with Crippen LogP contribution in [0.4, 0.5) is 9.18 Å². The molecule has 0 aromatic carbocycles. The van der Waals surface area contributed by atoms with Crippen LogP contribution in [0.2, 0.25) is 0 Å². The lowest BCUT2D eigenvalue weighted by Gasteiger charge is -2.49. The first-order chi connectivity index (χ1) is 16.1. The van der Waals surface area contributed by atoms with Crippen LogP contribution in [0, 0.1) is 5.82 Å². The van der Waals surface area contributed by atoms with Crippen molar-refractivity contribution in [2.45, 2.75) is 57.8 Å². The lowest BCUT2D eigenvalue weighted by Crippen LogP contribution is -2.56. The van der Waals surface area contributed by atoms with Crippen LogP contribution in [0.3, 0.4) is 0 Å². The van der Waals surface area contributed by atoms with Crippen LogP contribution in [-0.4, -0.2) is 74.0 Å². The Balaban J connectivity index is 1.47. The Kier molecular flexibility index (Phi) is 6.47.